The van der Waals surface area contributed by atoms with Gasteiger partial charge in [0.25, 0.3) is 0 Å². The Labute approximate surface area is 199 Å². The van der Waals surface area contributed by atoms with Crippen LogP contribution < -0.4 is 14.4 Å². The fraction of sp³-hybridized carbons (Fsp3) is 0.400. The summed E-state index contributed by atoms with van der Waals surface area (Å²) in [4.78, 5) is 22.0. The summed E-state index contributed by atoms with van der Waals surface area (Å²) < 4.78 is 15.2. The van der Waals surface area contributed by atoms with Crippen molar-refractivity contribution in [2.45, 2.75) is 31.7 Å². The molecule has 2 aromatic carbocycles. The number of carbonyl (C=O) groups is 1. The number of hydrogen-bond acceptors (Lipinski definition) is 7. The topological polar surface area (TPSA) is 67.8 Å². The molecule has 1 aliphatic heterocycles. The molecule has 0 radical (unpaired) electrons. The number of benzene rings is 2. The van der Waals surface area contributed by atoms with Gasteiger partial charge in [-0.25, -0.2) is 4.98 Å². The molecule has 1 unspecified atom stereocenters. The van der Waals surface area contributed by atoms with Crippen molar-refractivity contribution in [3.8, 4) is 11.5 Å². The zero-order valence-corrected chi connectivity index (χ0v) is 20.2. The van der Waals surface area contributed by atoms with Crippen LogP contribution in [-0.4, -0.2) is 60.6 Å². The van der Waals surface area contributed by atoms with Gasteiger partial charge in [-0.2, -0.15) is 4.37 Å². The second-order valence-electron chi connectivity index (χ2n) is 8.21. The lowest BCUT2D eigenvalue weighted by Gasteiger charge is -2.27. The summed E-state index contributed by atoms with van der Waals surface area (Å²) in [6.07, 6.45) is 3.27. The molecule has 0 N–H and O–H groups in total. The standard InChI is InChI=1S/C25H30N4O3S/c1-28(15-13-19-11-12-21(31-2)22(16-19)32-3)24(30)20-10-7-14-29(20)25-26-23(27-33-25)17-18-8-5-4-6-9-18/h4-6,8-9,11-12,16,20H,7,10,13-15,17H2,1-3H3. The first-order valence-electron chi connectivity index (χ1n) is 11.2. The summed E-state index contributed by atoms with van der Waals surface area (Å²) >= 11 is 1.39. The Hall–Kier alpha value is -3.13. The van der Waals surface area contributed by atoms with Crippen molar-refractivity contribution in [1.82, 2.24) is 14.3 Å². The average Bonchev–Trinajstić information content (AvgIpc) is 3.52. The van der Waals surface area contributed by atoms with E-state index in [1.807, 2.05) is 48.3 Å². The SMILES string of the molecule is COc1ccc(CCN(C)C(=O)C2CCCN2c2nc(Cc3ccccc3)ns2)cc1OC. The van der Waals surface area contributed by atoms with Gasteiger partial charge < -0.3 is 19.3 Å². The number of rotatable bonds is 9. The Morgan fingerprint density at radius 1 is 1.12 bits per heavy atom. The quantitative estimate of drug-likeness (QED) is 0.478. The van der Waals surface area contributed by atoms with Crippen molar-refractivity contribution in [3.05, 3.63) is 65.5 Å². The zero-order valence-electron chi connectivity index (χ0n) is 19.4. The molecule has 0 saturated carbocycles. The molecule has 174 valence electrons. The summed E-state index contributed by atoms with van der Waals surface area (Å²) in [5.41, 5.74) is 2.29. The number of likely N-dealkylation sites (N-methyl/N-ethyl adjacent to an activating group) is 1. The molecule has 1 saturated heterocycles. The highest BCUT2D eigenvalue weighted by molar-refractivity contribution is 7.09. The van der Waals surface area contributed by atoms with E-state index in [1.165, 1.54) is 17.1 Å². The highest BCUT2D eigenvalue weighted by Gasteiger charge is 2.34. The minimum Gasteiger partial charge on any atom is -0.493 e. The molecule has 1 fully saturated rings. The van der Waals surface area contributed by atoms with Crippen molar-refractivity contribution >= 4 is 22.6 Å². The van der Waals surface area contributed by atoms with E-state index in [2.05, 4.69) is 21.4 Å². The first kappa shape index (κ1) is 23.0. The van der Waals surface area contributed by atoms with E-state index in [0.717, 1.165) is 42.3 Å². The third-order valence-corrected chi connectivity index (χ3v) is 6.80. The fourth-order valence-electron chi connectivity index (χ4n) is 4.16. The third kappa shape index (κ3) is 5.45. The minimum atomic E-state index is -0.182. The average molecular weight is 467 g/mol. The molecule has 0 bridgehead atoms. The molecule has 1 atom stereocenters. The molecule has 0 spiro atoms. The molecular formula is C25H30N4O3S. The molecular weight excluding hydrogens is 436 g/mol. The zero-order chi connectivity index (χ0) is 23.2. The number of carbonyl (C=O) groups excluding carboxylic acids is 1. The Morgan fingerprint density at radius 3 is 2.67 bits per heavy atom. The Balaban J connectivity index is 1.37. The molecule has 1 aromatic heterocycles. The molecule has 1 amide bonds. The first-order valence-corrected chi connectivity index (χ1v) is 12.0. The number of hydrogen-bond donors (Lipinski definition) is 0. The van der Waals surface area contributed by atoms with E-state index in [9.17, 15) is 4.79 Å². The van der Waals surface area contributed by atoms with Gasteiger partial charge in [0.15, 0.2) is 11.5 Å². The van der Waals surface area contributed by atoms with Crippen molar-refractivity contribution in [1.29, 1.82) is 0 Å². The van der Waals surface area contributed by atoms with Gasteiger partial charge in [0, 0.05) is 38.1 Å². The van der Waals surface area contributed by atoms with Crippen LogP contribution in [0, 0.1) is 0 Å². The van der Waals surface area contributed by atoms with Crippen LogP contribution in [-0.2, 0) is 17.6 Å². The lowest BCUT2D eigenvalue weighted by atomic mass is 10.1. The number of amides is 1. The van der Waals surface area contributed by atoms with Crippen molar-refractivity contribution < 1.29 is 14.3 Å². The summed E-state index contributed by atoms with van der Waals surface area (Å²) in [5, 5.41) is 0.838. The highest BCUT2D eigenvalue weighted by atomic mass is 32.1. The normalized spacial score (nSPS) is 15.5. The van der Waals surface area contributed by atoms with Crippen LogP contribution in [0.25, 0.3) is 0 Å². The third-order valence-electron chi connectivity index (χ3n) is 6.01. The van der Waals surface area contributed by atoms with Gasteiger partial charge in [0.2, 0.25) is 11.0 Å². The van der Waals surface area contributed by atoms with Gasteiger partial charge in [-0.15, -0.1) is 0 Å². The number of ether oxygens (including phenoxy) is 2. The highest BCUT2D eigenvalue weighted by Crippen LogP contribution is 2.30. The van der Waals surface area contributed by atoms with Gasteiger partial charge in [0.05, 0.1) is 14.2 Å². The number of methoxy groups -OCH3 is 2. The van der Waals surface area contributed by atoms with Crippen LogP contribution >= 0.6 is 11.5 Å². The first-order chi connectivity index (χ1) is 16.1. The van der Waals surface area contributed by atoms with E-state index < -0.39 is 0 Å². The number of aromatic nitrogens is 2. The van der Waals surface area contributed by atoms with Crippen LogP contribution in [0.15, 0.2) is 48.5 Å². The number of nitrogens with zero attached hydrogens (tertiary/aromatic N) is 4. The maximum absolute atomic E-state index is 13.3. The monoisotopic (exact) mass is 466 g/mol. The molecule has 4 rings (SSSR count). The summed E-state index contributed by atoms with van der Waals surface area (Å²) in [6, 6.07) is 15.9. The van der Waals surface area contributed by atoms with Crippen LogP contribution in [0.2, 0.25) is 0 Å². The maximum atomic E-state index is 13.3. The Morgan fingerprint density at radius 2 is 1.91 bits per heavy atom. The van der Waals surface area contributed by atoms with Crippen molar-refractivity contribution in [2.24, 2.45) is 0 Å². The van der Waals surface area contributed by atoms with E-state index >= 15 is 0 Å². The molecule has 3 aromatic rings. The Kier molecular flexibility index (Phi) is 7.44. The van der Waals surface area contributed by atoms with Gasteiger partial charge in [-0.05, 0) is 42.5 Å². The van der Waals surface area contributed by atoms with Crippen molar-refractivity contribution in [3.63, 3.8) is 0 Å². The molecule has 7 nitrogen and oxygen atoms in total. The van der Waals surface area contributed by atoms with Crippen LogP contribution in [0.3, 0.4) is 0 Å². The fourth-order valence-corrected chi connectivity index (χ4v) is 4.92. The molecule has 8 heteroatoms. The lowest BCUT2D eigenvalue weighted by molar-refractivity contribution is -0.131. The number of anilines is 1. The van der Waals surface area contributed by atoms with E-state index in [1.54, 1.807) is 14.2 Å². The summed E-state index contributed by atoms with van der Waals surface area (Å²) in [7, 11) is 5.13. The van der Waals surface area contributed by atoms with Crippen LogP contribution in [0.1, 0.15) is 29.8 Å². The van der Waals surface area contributed by atoms with Crippen molar-refractivity contribution in [2.75, 3.05) is 39.3 Å². The van der Waals surface area contributed by atoms with E-state index in [-0.39, 0.29) is 11.9 Å². The predicted molar refractivity (Wildman–Crippen MR) is 130 cm³/mol. The van der Waals surface area contributed by atoms with Gasteiger partial charge in [-0.1, -0.05) is 36.4 Å². The van der Waals surface area contributed by atoms with Gasteiger partial charge >= 0.3 is 0 Å². The smallest absolute Gasteiger partial charge is 0.245 e. The largest absolute Gasteiger partial charge is 0.493 e. The van der Waals surface area contributed by atoms with E-state index in [0.29, 0.717) is 24.5 Å². The Bertz CT molecular complexity index is 1070. The molecule has 2 heterocycles. The molecule has 33 heavy (non-hydrogen) atoms. The summed E-state index contributed by atoms with van der Waals surface area (Å²) in [6.45, 7) is 1.47. The summed E-state index contributed by atoms with van der Waals surface area (Å²) in [5.74, 6) is 2.35. The van der Waals surface area contributed by atoms with Gasteiger partial charge in [-0.3, -0.25) is 4.79 Å². The minimum absolute atomic E-state index is 0.132. The molecule has 0 aliphatic carbocycles. The molecule has 1 aliphatic rings. The second-order valence-corrected chi connectivity index (χ2v) is 8.94. The second kappa shape index (κ2) is 10.7. The van der Waals surface area contributed by atoms with Crippen LogP contribution in [0.4, 0.5) is 5.13 Å². The van der Waals surface area contributed by atoms with E-state index in [4.69, 9.17) is 14.5 Å². The predicted octanol–water partition coefficient (Wildman–Crippen LogP) is 3.82. The van der Waals surface area contributed by atoms with Crippen LogP contribution in [0.5, 0.6) is 11.5 Å². The van der Waals surface area contributed by atoms with Gasteiger partial charge in [0.1, 0.15) is 11.9 Å². The lowest BCUT2D eigenvalue weighted by Crippen LogP contribution is -2.44. The maximum Gasteiger partial charge on any atom is 0.245 e.